The molecule has 0 aliphatic rings. The van der Waals surface area contributed by atoms with Crippen molar-refractivity contribution in [2.75, 3.05) is 12.4 Å². The first-order valence-electron chi connectivity index (χ1n) is 8.99. The number of methoxy groups -OCH3 is 1. The number of aromatic nitrogens is 2. The number of ether oxygens (including phenoxy) is 1. The Labute approximate surface area is 191 Å². The number of anilines is 1. The standard InChI is InChI=1S/C22H17ClIN3O3/c1-30-17-10-12(9-16(24)22(17)29)19(27-18-6-2-3-7-25-18)14-11-15(23)13-5-4-8-26-20(13)21(14)28/h2-11,19,28-29H,1H3,(H,25,27)/t19-/m1/s1. The van der Waals surface area contributed by atoms with Crippen molar-refractivity contribution >= 4 is 50.9 Å². The van der Waals surface area contributed by atoms with Crippen molar-refractivity contribution in [3.05, 3.63) is 80.6 Å². The largest absolute Gasteiger partial charge is 0.505 e. The van der Waals surface area contributed by atoms with E-state index in [1.807, 2.05) is 52.9 Å². The number of phenols is 2. The first kappa shape index (κ1) is 20.5. The molecule has 6 nitrogen and oxygen atoms in total. The van der Waals surface area contributed by atoms with Gasteiger partial charge in [0.25, 0.3) is 0 Å². The third-order valence-corrected chi connectivity index (χ3v) is 5.85. The number of nitrogens with zero attached hydrogens (tertiary/aromatic N) is 2. The Morgan fingerprint density at radius 1 is 1.03 bits per heavy atom. The second kappa shape index (κ2) is 8.53. The predicted octanol–water partition coefficient (Wildman–Crippen LogP) is 5.51. The van der Waals surface area contributed by atoms with E-state index in [1.54, 1.807) is 30.6 Å². The molecule has 2 heterocycles. The molecule has 4 rings (SSSR count). The van der Waals surface area contributed by atoms with E-state index in [4.69, 9.17) is 16.3 Å². The van der Waals surface area contributed by atoms with E-state index in [0.717, 1.165) is 5.56 Å². The molecule has 0 fully saturated rings. The van der Waals surface area contributed by atoms with Crippen molar-refractivity contribution in [2.24, 2.45) is 0 Å². The molecule has 0 saturated carbocycles. The van der Waals surface area contributed by atoms with Crippen LogP contribution in [0, 0.1) is 3.57 Å². The maximum Gasteiger partial charge on any atom is 0.171 e. The molecule has 8 heteroatoms. The summed E-state index contributed by atoms with van der Waals surface area (Å²) in [6.45, 7) is 0. The van der Waals surface area contributed by atoms with Crippen LogP contribution in [-0.4, -0.2) is 27.3 Å². The minimum absolute atomic E-state index is 0.0190. The van der Waals surface area contributed by atoms with Gasteiger partial charge in [-0.2, -0.15) is 0 Å². The number of nitrogens with one attached hydrogen (secondary N) is 1. The van der Waals surface area contributed by atoms with Gasteiger partial charge in [0.1, 0.15) is 17.1 Å². The minimum Gasteiger partial charge on any atom is -0.505 e. The Bertz CT molecular complexity index is 1220. The van der Waals surface area contributed by atoms with Crippen molar-refractivity contribution in [3.8, 4) is 17.2 Å². The average Bonchev–Trinajstić information content (AvgIpc) is 2.77. The summed E-state index contributed by atoms with van der Waals surface area (Å²) in [7, 11) is 1.49. The van der Waals surface area contributed by atoms with E-state index in [1.165, 1.54) is 7.11 Å². The average molecular weight is 534 g/mol. The van der Waals surface area contributed by atoms with E-state index in [9.17, 15) is 10.2 Å². The van der Waals surface area contributed by atoms with E-state index in [2.05, 4.69) is 15.3 Å². The molecule has 30 heavy (non-hydrogen) atoms. The lowest BCUT2D eigenvalue weighted by atomic mass is 9.95. The number of hydrogen-bond donors (Lipinski definition) is 3. The van der Waals surface area contributed by atoms with Crippen LogP contribution in [-0.2, 0) is 0 Å². The van der Waals surface area contributed by atoms with Gasteiger partial charge in [-0.1, -0.05) is 17.7 Å². The highest BCUT2D eigenvalue weighted by molar-refractivity contribution is 14.1. The first-order valence-corrected chi connectivity index (χ1v) is 10.4. The number of aromatic hydroxyl groups is 2. The fourth-order valence-electron chi connectivity index (χ4n) is 3.28. The lowest BCUT2D eigenvalue weighted by Crippen LogP contribution is -2.14. The van der Waals surface area contributed by atoms with E-state index in [-0.39, 0.29) is 11.5 Å². The molecule has 2 aromatic heterocycles. The van der Waals surface area contributed by atoms with Gasteiger partial charge in [-0.3, -0.25) is 4.98 Å². The lowest BCUT2D eigenvalue weighted by Gasteiger charge is -2.23. The van der Waals surface area contributed by atoms with Crippen molar-refractivity contribution in [1.82, 2.24) is 9.97 Å². The third-order valence-electron chi connectivity index (χ3n) is 4.72. The Morgan fingerprint density at radius 3 is 2.57 bits per heavy atom. The highest BCUT2D eigenvalue weighted by Gasteiger charge is 2.24. The summed E-state index contributed by atoms with van der Waals surface area (Å²) in [5.41, 5.74) is 1.69. The molecule has 0 aliphatic heterocycles. The molecule has 0 saturated heterocycles. The van der Waals surface area contributed by atoms with Crippen LogP contribution in [0.4, 0.5) is 5.82 Å². The van der Waals surface area contributed by atoms with Gasteiger partial charge >= 0.3 is 0 Å². The number of benzene rings is 2. The molecule has 0 bridgehead atoms. The molecular weight excluding hydrogens is 517 g/mol. The zero-order chi connectivity index (χ0) is 21.3. The van der Waals surface area contributed by atoms with Crippen LogP contribution in [0.3, 0.4) is 0 Å². The van der Waals surface area contributed by atoms with Gasteiger partial charge < -0.3 is 20.3 Å². The molecule has 0 spiro atoms. The smallest absolute Gasteiger partial charge is 0.171 e. The summed E-state index contributed by atoms with van der Waals surface area (Å²) in [4.78, 5) is 8.65. The summed E-state index contributed by atoms with van der Waals surface area (Å²) in [5.74, 6) is 1.02. The molecule has 0 amide bonds. The van der Waals surface area contributed by atoms with Gasteiger partial charge in [0.2, 0.25) is 0 Å². The fourth-order valence-corrected chi connectivity index (χ4v) is 4.17. The van der Waals surface area contributed by atoms with Crippen LogP contribution in [0.2, 0.25) is 5.02 Å². The summed E-state index contributed by atoms with van der Waals surface area (Å²) in [6, 6.07) is 13.8. The van der Waals surface area contributed by atoms with Crippen LogP contribution >= 0.6 is 34.2 Å². The monoisotopic (exact) mass is 533 g/mol. The minimum atomic E-state index is -0.535. The van der Waals surface area contributed by atoms with Gasteiger partial charge in [0.05, 0.1) is 21.7 Å². The first-order chi connectivity index (χ1) is 14.5. The molecule has 0 aliphatic carbocycles. The Hall–Kier alpha value is -2.78. The second-order valence-electron chi connectivity index (χ2n) is 6.54. The molecule has 0 unspecified atom stereocenters. The molecule has 3 N–H and O–H groups in total. The number of phenolic OH excluding ortho intramolecular Hbond substituents is 2. The van der Waals surface area contributed by atoms with Gasteiger partial charge in [0, 0.05) is 23.3 Å². The third kappa shape index (κ3) is 3.82. The Kier molecular flexibility index (Phi) is 5.83. The highest BCUT2D eigenvalue weighted by Crippen LogP contribution is 2.42. The summed E-state index contributed by atoms with van der Waals surface area (Å²) in [5, 5.41) is 25.8. The van der Waals surface area contributed by atoms with Crippen molar-refractivity contribution < 1.29 is 14.9 Å². The predicted molar refractivity (Wildman–Crippen MR) is 125 cm³/mol. The fraction of sp³-hybridized carbons (Fsp3) is 0.0909. The Morgan fingerprint density at radius 2 is 1.83 bits per heavy atom. The van der Waals surface area contributed by atoms with E-state index >= 15 is 0 Å². The zero-order valence-electron chi connectivity index (χ0n) is 15.8. The number of halogens is 2. The van der Waals surface area contributed by atoms with Crippen molar-refractivity contribution in [2.45, 2.75) is 6.04 Å². The topological polar surface area (TPSA) is 87.5 Å². The lowest BCUT2D eigenvalue weighted by molar-refractivity contribution is 0.371. The summed E-state index contributed by atoms with van der Waals surface area (Å²) >= 11 is 8.56. The number of rotatable bonds is 5. The normalized spacial score (nSPS) is 12.0. The van der Waals surface area contributed by atoms with E-state index < -0.39 is 6.04 Å². The summed E-state index contributed by atoms with van der Waals surface area (Å²) in [6.07, 6.45) is 3.28. The van der Waals surface area contributed by atoms with Crippen molar-refractivity contribution in [3.63, 3.8) is 0 Å². The molecule has 2 aromatic carbocycles. The van der Waals surface area contributed by atoms with Crippen LogP contribution < -0.4 is 10.1 Å². The van der Waals surface area contributed by atoms with Crippen LogP contribution in [0.5, 0.6) is 17.2 Å². The maximum atomic E-state index is 11.1. The molecule has 4 aromatic rings. The molecule has 152 valence electrons. The Balaban J connectivity index is 1.94. The number of hydrogen-bond acceptors (Lipinski definition) is 6. The van der Waals surface area contributed by atoms with Gasteiger partial charge in [-0.25, -0.2) is 4.98 Å². The van der Waals surface area contributed by atoms with Gasteiger partial charge in [-0.05, 0) is 70.6 Å². The zero-order valence-corrected chi connectivity index (χ0v) is 18.7. The quantitative estimate of drug-likeness (QED) is 0.293. The van der Waals surface area contributed by atoms with Crippen LogP contribution in [0.1, 0.15) is 17.2 Å². The SMILES string of the molecule is COc1cc([C@@H](Nc2ccccn2)c2cc(Cl)c3cccnc3c2O)cc(I)c1O. The van der Waals surface area contributed by atoms with E-state index in [0.29, 0.717) is 36.6 Å². The van der Waals surface area contributed by atoms with Crippen LogP contribution in [0.15, 0.2) is 60.9 Å². The second-order valence-corrected chi connectivity index (χ2v) is 8.11. The maximum absolute atomic E-state index is 11.1. The molecule has 1 atom stereocenters. The summed E-state index contributed by atoms with van der Waals surface area (Å²) < 4.78 is 5.94. The number of fused-ring (bicyclic) bond motifs is 1. The molecular formula is C22H17ClIN3O3. The van der Waals surface area contributed by atoms with Crippen molar-refractivity contribution in [1.29, 1.82) is 0 Å². The van der Waals surface area contributed by atoms with Crippen LogP contribution in [0.25, 0.3) is 10.9 Å². The highest BCUT2D eigenvalue weighted by atomic mass is 127. The number of pyridine rings is 2. The molecule has 0 radical (unpaired) electrons. The van der Waals surface area contributed by atoms with Gasteiger partial charge in [0.15, 0.2) is 11.5 Å². The van der Waals surface area contributed by atoms with Gasteiger partial charge in [-0.15, -0.1) is 0 Å².